The van der Waals surface area contributed by atoms with Crippen LogP contribution in [-0.2, 0) is 27.6 Å². The van der Waals surface area contributed by atoms with Gasteiger partial charge in [0.1, 0.15) is 5.75 Å². The monoisotopic (exact) mass is 386 g/mol. The lowest BCUT2D eigenvalue weighted by molar-refractivity contribution is 0.0777. The summed E-state index contributed by atoms with van der Waals surface area (Å²) < 4.78 is 28.9. The number of phenolic OH excluding ortho intramolecular Hbond substituents is 1. The number of rotatable bonds is 4. The van der Waals surface area contributed by atoms with E-state index in [2.05, 4.69) is 23.6 Å². The highest BCUT2D eigenvalue weighted by molar-refractivity contribution is 7.88. The van der Waals surface area contributed by atoms with Crippen LogP contribution >= 0.6 is 0 Å². The largest absolute Gasteiger partial charge is 0.508 e. The van der Waals surface area contributed by atoms with Crippen molar-refractivity contribution >= 4 is 10.0 Å². The van der Waals surface area contributed by atoms with E-state index in [0.29, 0.717) is 0 Å². The maximum absolute atomic E-state index is 12.9. The zero-order chi connectivity index (χ0) is 19.2. The van der Waals surface area contributed by atoms with Gasteiger partial charge >= 0.3 is 0 Å². The fourth-order valence-electron chi connectivity index (χ4n) is 4.72. The van der Waals surface area contributed by atoms with Gasteiger partial charge in [-0.05, 0) is 55.3 Å². The first kappa shape index (κ1) is 18.5. The van der Waals surface area contributed by atoms with Gasteiger partial charge in [0, 0.05) is 17.5 Å². The molecule has 6 heteroatoms. The molecule has 27 heavy (non-hydrogen) atoms. The molecule has 1 saturated heterocycles. The van der Waals surface area contributed by atoms with Crippen molar-refractivity contribution in [3.63, 3.8) is 0 Å². The fraction of sp³-hybridized carbons (Fsp3) is 0.429. The van der Waals surface area contributed by atoms with Gasteiger partial charge in [-0.3, -0.25) is 0 Å². The zero-order valence-corrected chi connectivity index (χ0v) is 16.5. The summed E-state index contributed by atoms with van der Waals surface area (Å²) >= 11 is 0. The van der Waals surface area contributed by atoms with Crippen LogP contribution in [0.4, 0.5) is 0 Å². The van der Waals surface area contributed by atoms with Crippen LogP contribution in [0.15, 0.2) is 48.5 Å². The van der Waals surface area contributed by atoms with Crippen LogP contribution in [-0.4, -0.2) is 44.1 Å². The summed E-state index contributed by atoms with van der Waals surface area (Å²) in [5, 5.41) is 10.0. The second-order valence-electron chi connectivity index (χ2n) is 8.10. The van der Waals surface area contributed by atoms with Crippen molar-refractivity contribution in [2.24, 2.45) is 0 Å². The Morgan fingerprint density at radius 2 is 1.96 bits per heavy atom. The maximum atomic E-state index is 12.9. The Hall–Kier alpha value is -1.89. The summed E-state index contributed by atoms with van der Waals surface area (Å²) in [5.41, 5.74) is 2.71. The van der Waals surface area contributed by atoms with E-state index in [1.54, 1.807) is 6.07 Å². The van der Waals surface area contributed by atoms with Crippen molar-refractivity contribution in [1.82, 2.24) is 9.62 Å². The third kappa shape index (κ3) is 3.37. The van der Waals surface area contributed by atoms with Gasteiger partial charge in [-0.25, -0.2) is 13.1 Å². The number of nitrogens with zero attached hydrogens (tertiary/aromatic N) is 1. The van der Waals surface area contributed by atoms with Gasteiger partial charge in [0.05, 0.1) is 5.75 Å². The normalized spacial score (nSPS) is 27.9. The average Bonchev–Trinajstić information content (AvgIpc) is 2.62. The standard InChI is InChI=1S/C21H26N2O3S/c1-21-10-11-23(2)19(12-16-8-9-17(24)13-18(16)21)20(21)22-27(25,26)14-15-6-4-3-5-7-15/h3-9,13,19-20,22,24H,10-12,14H2,1-2H3/t19-,20+,21-/m1/s1. The van der Waals surface area contributed by atoms with Crippen LogP contribution in [0.2, 0.25) is 0 Å². The predicted octanol–water partition coefficient (Wildman–Crippen LogP) is 2.40. The SMILES string of the molecule is CN1CC[C@]2(C)c3cc(O)ccc3C[C@@H]1[C@@H]2NS(=O)(=O)Cc1ccccc1. The molecule has 1 aliphatic carbocycles. The lowest BCUT2D eigenvalue weighted by Gasteiger charge is -2.54. The second kappa shape index (κ2) is 6.62. The molecular weight excluding hydrogens is 360 g/mol. The molecule has 0 unspecified atom stereocenters. The summed E-state index contributed by atoms with van der Waals surface area (Å²) in [6, 6.07) is 14.7. The van der Waals surface area contributed by atoms with Gasteiger partial charge in [0.25, 0.3) is 0 Å². The van der Waals surface area contributed by atoms with Gasteiger partial charge in [0.2, 0.25) is 10.0 Å². The predicted molar refractivity (Wildman–Crippen MR) is 106 cm³/mol. The van der Waals surface area contributed by atoms with Gasteiger partial charge in [-0.1, -0.05) is 43.3 Å². The number of fused-ring (bicyclic) bond motifs is 4. The van der Waals surface area contributed by atoms with E-state index in [-0.39, 0.29) is 29.0 Å². The Morgan fingerprint density at radius 3 is 2.70 bits per heavy atom. The van der Waals surface area contributed by atoms with E-state index >= 15 is 0 Å². The van der Waals surface area contributed by atoms with Crippen molar-refractivity contribution in [1.29, 1.82) is 0 Å². The number of hydrogen-bond donors (Lipinski definition) is 2. The Bertz CT molecular complexity index is 945. The number of likely N-dealkylation sites (N-methyl/N-ethyl adjacent to an activating group) is 1. The number of likely N-dealkylation sites (tertiary alicyclic amines) is 1. The minimum Gasteiger partial charge on any atom is -0.508 e. The minimum atomic E-state index is -3.49. The quantitative estimate of drug-likeness (QED) is 0.847. The first-order valence-electron chi connectivity index (χ1n) is 9.35. The van der Waals surface area contributed by atoms with Crippen molar-refractivity contribution in [3.05, 3.63) is 65.2 Å². The van der Waals surface area contributed by atoms with Gasteiger partial charge in [0.15, 0.2) is 0 Å². The molecular formula is C21H26N2O3S. The van der Waals surface area contributed by atoms with E-state index in [1.807, 2.05) is 42.5 Å². The number of aromatic hydroxyl groups is 1. The molecule has 3 atom stereocenters. The number of sulfonamides is 1. The molecule has 4 rings (SSSR count). The Labute approximate surface area is 161 Å². The molecule has 0 spiro atoms. The van der Waals surface area contributed by atoms with Crippen molar-refractivity contribution in [2.75, 3.05) is 13.6 Å². The van der Waals surface area contributed by atoms with Crippen molar-refractivity contribution in [3.8, 4) is 5.75 Å². The fourth-order valence-corrected chi connectivity index (χ4v) is 6.24. The van der Waals surface area contributed by atoms with Gasteiger partial charge in [-0.15, -0.1) is 0 Å². The van der Waals surface area contributed by atoms with Crippen molar-refractivity contribution in [2.45, 2.75) is 43.0 Å². The molecule has 2 bridgehead atoms. The smallest absolute Gasteiger partial charge is 0.216 e. The van der Waals surface area contributed by atoms with Crippen LogP contribution in [0.3, 0.4) is 0 Å². The molecule has 5 nitrogen and oxygen atoms in total. The van der Waals surface area contributed by atoms with E-state index in [1.165, 1.54) is 5.56 Å². The molecule has 144 valence electrons. The Kier molecular flexibility index (Phi) is 4.53. The molecule has 2 aliphatic rings. The highest BCUT2D eigenvalue weighted by Gasteiger charge is 2.51. The summed E-state index contributed by atoms with van der Waals surface area (Å²) in [6.07, 6.45) is 1.62. The summed E-state index contributed by atoms with van der Waals surface area (Å²) in [4.78, 5) is 2.26. The molecule has 0 radical (unpaired) electrons. The number of hydrogen-bond acceptors (Lipinski definition) is 4. The molecule has 0 aromatic heterocycles. The van der Waals surface area contributed by atoms with Gasteiger partial charge in [-0.2, -0.15) is 0 Å². The third-order valence-electron chi connectivity index (χ3n) is 6.27. The maximum Gasteiger partial charge on any atom is 0.216 e. The first-order chi connectivity index (χ1) is 12.8. The Balaban J connectivity index is 1.69. The summed E-state index contributed by atoms with van der Waals surface area (Å²) in [5.74, 6) is 0.210. The molecule has 1 aliphatic heterocycles. The Morgan fingerprint density at radius 1 is 1.22 bits per heavy atom. The third-order valence-corrected chi connectivity index (χ3v) is 7.59. The van der Waals surface area contributed by atoms with Crippen LogP contribution in [0.5, 0.6) is 5.75 Å². The summed E-state index contributed by atoms with van der Waals surface area (Å²) in [7, 11) is -1.43. The zero-order valence-electron chi connectivity index (χ0n) is 15.7. The summed E-state index contributed by atoms with van der Waals surface area (Å²) in [6.45, 7) is 3.04. The minimum absolute atomic E-state index is 0.0241. The van der Waals surface area contributed by atoms with Crippen LogP contribution in [0.1, 0.15) is 30.0 Å². The molecule has 2 N–H and O–H groups in total. The van der Waals surface area contributed by atoms with E-state index in [9.17, 15) is 13.5 Å². The number of piperidine rings is 1. The van der Waals surface area contributed by atoms with Crippen LogP contribution in [0.25, 0.3) is 0 Å². The number of nitrogens with one attached hydrogen (secondary N) is 1. The van der Waals surface area contributed by atoms with E-state index in [4.69, 9.17) is 0 Å². The number of benzene rings is 2. The molecule has 0 amide bonds. The number of phenols is 1. The van der Waals surface area contributed by atoms with E-state index in [0.717, 1.165) is 30.5 Å². The molecule has 2 aromatic carbocycles. The molecule has 2 aromatic rings. The van der Waals surface area contributed by atoms with Crippen LogP contribution in [0, 0.1) is 0 Å². The topological polar surface area (TPSA) is 69.6 Å². The molecule has 1 fully saturated rings. The van der Waals surface area contributed by atoms with Gasteiger partial charge < -0.3 is 10.0 Å². The van der Waals surface area contributed by atoms with E-state index < -0.39 is 10.0 Å². The second-order valence-corrected chi connectivity index (χ2v) is 9.86. The lowest BCUT2D eigenvalue weighted by atomic mass is 9.62. The molecule has 1 heterocycles. The first-order valence-corrected chi connectivity index (χ1v) is 11.0. The van der Waals surface area contributed by atoms with Crippen molar-refractivity contribution < 1.29 is 13.5 Å². The van der Waals surface area contributed by atoms with Crippen LogP contribution < -0.4 is 4.72 Å². The average molecular weight is 387 g/mol. The lowest BCUT2D eigenvalue weighted by Crippen LogP contribution is -2.67. The molecule has 0 saturated carbocycles. The highest BCUT2D eigenvalue weighted by Crippen LogP contribution is 2.45. The highest BCUT2D eigenvalue weighted by atomic mass is 32.2.